The highest BCUT2D eigenvalue weighted by Crippen LogP contribution is 2.29. The van der Waals surface area contributed by atoms with Crippen molar-refractivity contribution in [2.75, 3.05) is 13.2 Å². The number of halogens is 3. The number of ketones is 1. The van der Waals surface area contributed by atoms with Crippen molar-refractivity contribution < 1.29 is 27.5 Å². The Morgan fingerprint density at radius 3 is 2.76 bits per heavy atom. The first kappa shape index (κ1) is 15.3. The van der Waals surface area contributed by atoms with E-state index in [0.717, 1.165) is 5.56 Å². The minimum Gasteiger partial charge on any atom is -0.483 e. The first-order chi connectivity index (χ1) is 9.87. The minimum atomic E-state index is -4.45. The van der Waals surface area contributed by atoms with Crippen LogP contribution in [0.1, 0.15) is 28.8 Å². The van der Waals surface area contributed by atoms with Gasteiger partial charge < -0.3 is 10.1 Å². The van der Waals surface area contributed by atoms with E-state index in [0.29, 0.717) is 30.6 Å². The van der Waals surface area contributed by atoms with Gasteiger partial charge in [-0.3, -0.25) is 9.59 Å². The zero-order valence-corrected chi connectivity index (χ0v) is 11.1. The van der Waals surface area contributed by atoms with Crippen LogP contribution in [0.2, 0.25) is 0 Å². The highest BCUT2D eigenvalue weighted by molar-refractivity contribution is 5.99. The summed E-state index contributed by atoms with van der Waals surface area (Å²) in [4.78, 5) is 23.0. The lowest BCUT2D eigenvalue weighted by atomic mass is 9.90. The third-order valence-corrected chi connectivity index (χ3v) is 3.11. The molecule has 0 fully saturated rings. The van der Waals surface area contributed by atoms with E-state index in [-0.39, 0.29) is 5.78 Å². The summed E-state index contributed by atoms with van der Waals surface area (Å²) in [5.74, 6) is -0.460. The van der Waals surface area contributed by atoms with E-state index >= 15 is 0 Å². The maximum Gasteiger partial charge on any atom is 0.405 e. The zero-order valence-electron chi connectivity index (χ0n) is 11.1. The second kappa shape index (κ2) is 6.15. The lowest BCUT2D eigenvalue weighted by molar-refractivity contribution is -0.139. The number of nitrogens with one attached hydrogen (secondary N) is 1. The van der Waals surface area contributed by atoms with Crippen LogP contribution in [0.4, 0.5) is 13.2 Å². The molecule has 114 valence electrons. The molecule has 4 nitrogen and oxygen atoms in total. The van der Waals surface area contributed by atoms with E-state index in [1.807, 2.05) is 0 Å². The number of fused-ring (bicyclic) bond motifs is 1. The first-order valence-corrected chi connectivity index (χ1v) is 6.48. The van der Waals surface area contributed by atoms with Crippen LogP contribution < -0.4 is 10.1 Å². The predicted molar refractivity (Wildman–Crippen MR) is 68.3 cm³/mol. The van der Waals surface area contributed by atoms with Gasteiger partial charge in [-0.25, -0.2) is 0 Å². The fourth-order valence-corrected chi connectivity index (χ4v) is 2.17. The maximum atomic E-state index is 12.0. The molecule has 0 unspecified atom stereocenters. The highest BCUT2D eigenvalue weighted by Gasteiger charge is 2.28. The molecule has 0 spiro atoms. The highest BCUT2D eigenvalue weighted by atomic mass is 19.4. The van der Waals surface area contributed by atoms with Crippen molar-refractivity contribution in [3.63, 3.8) is 0 Å². The van der Waals surface area contributed by atoms with Crippen LogP contribution in [-0.2, 0) is 11.2 Å². The second-order valence-corrected chi connectivity index (χ2v) is 4.74. The average Bonchev–Trinajstić information content (AvgIpc) is 2.42. The van der Waals surface area contributed by atoms with Crippen molar-refractivity contribution in [1.29, 1.82) is 0 Å². The molecule has 21 heavy (non-hydrogen) atoms. The number of carbonyl (C=O) groups excluding carboxylic acids is 2. The third-order valence-electron chi connectivity index (χ3n) is 3.11. The van der Waals surface area contributed by atoms with Gasteiger partial charge in [0.1, 0.15) is 12.3 Å². The van der Waals surface area contributed by atoms with E-state index < -0.39 is 25.2 Å². The van der Waals surface area contributed by atoms with Crippen molar-refractivity contribution >= 4 is 11.7 Å². The van der Waals surface area contributed by atoms with Crippen molar-refractivity contribution in [1.82, 2.24) is 5.32 Å². The molecule has 0 heterocycles. The van der Waals surface area contributed by atoms with E-state index in [2.05, 4.69) is 0 Å². The summed E-state index contributed by atoms with van der Waals surface area (Å²) in [6, 6.07) is 4.92. The molecule has 1 aromatic carbocycles. The Bertz CT molecular complexity index is 555. The van der Waals surface area contributed by atoms with E-state index in [9.17, 15) is 22.8 Å². The molecule has 1 N–H and O–H groups in total. The number of carbonyl (C=O) groups is 2. The Balaban J connectivity index is 1.96. The number of Topliss-reactive ketones (excluding diaryl/α,β-unsaturated/α-hetero) is 1. The first-order valence-electron chi connectivity index (χ1n) is 6.48. The Labute approximate surface area is 119 Å². The van der Waals surface area contributed by atoms with Gasteiger partial charge in [0.2, 0.25) is 0 Å². The number of alkyl halides is 3. The average molecular weight is 301 g/mol. The quantitative estimate of drug-likeness (QED) is 0.928. The molecule has 0 bridgehead atoms. The topological polar surface area (TPSA) is 55.4 Å². The molecule has 0 saturated heterocycles. The van der Waals surface area contributed by atoms with Gasteiger partial charge in [0.15, 0.2) is 12.4 Å². The van der Waals surface area contributed by atoms with Crippen LogP contribution in [-0.4, -0.2) is 31.0 Å². The molecule has 0 radical (unpaired) electrons. The standard InChI is InChI=1S/C14H14F3NO3/c15-14(16,17)8-18-13(20)7-21-12-6-2-3-9-10(12)4-1-5-11(9)19/h2-3,6H,1,4-5,7-8H2,(H,18,20). The molecule has 1 aliphatic carbocycles. The van der Waals surface area contributed by atoms with Crippen LogP contribution >= 0.6 is 0 Å². The Kier molecular flexibility index (Phi) is 4.50. The molecule has 1 aromatic rings. The SMILES string of the molecule is O=C(COc1cccc2c1CCCC2=O)NCC(F)(F)F. The monoisotopic (exact) mass is 301 g/mol. The van der Waals surface area contributed by atoms with E-state index in [4.69, 9.17) is 4.74 Å². The number of benzene rings is 1. The van der Waals surface area contributed by atoms with E-state index in [1.165, 1.54) is 0 Å². The number of ether oxygens (including phenoxy) is 1. The van der Waals surface area contributed by atoms with Crippen molar-refractivity contribution in [2.45, 2.75) is 25.4 Å². The second-order valence-electron chi connectivity index (χ2n) is 4.74. The van der Waals surface area contributed by atoms with Crippen LogP contribution in [0.15, 0.2) is 18.2 Å². The lowest BCUT2D eigenvalue weighted by Gasteiger charge is -2.18. The fraction of sp³-hybridized carbons (Fsp3) is 0.429. The number of amides is 1. The summed E-state index contributed by atoms with van der Waals surface area (Å²) in [5.41, 5.74) is 1.28. The fourth-order valence-electron chi connectivity index (χ4n) is 2.17. The summed E-state index contributed by atoms with van der Waals surface area (Å²) in [6.45, 7) is -1.90. The van der Waals surface area contributed by atoms with Gasteiger partial charge in [0, 0.05) is 17.5 Å². The number of hydrogen-bond acceptors (Lipinski definition) is 3. The van der Waals surface area contributed by atoms with Crippen molar-refractivity contribution in [2.24, 2.45) is 0 Å². The molecule has 0 aromatic heterocycles. The van der Waals surface area contributed by atoms with Gasteiger partial charge in [-0.05, 0) is 18.9 Å². The summed E-state index contributed by atoms with van der Waals surface area (Å²) in [7, 11) is 0. The van der Waals surface area contributed by atoms with Crippen LogP contribution in [0.25, 0.3) is 0 Å². The normalized spacial score (nSPS) is 14.5. The zero-order chi connectivity index (χ0) is 15.5. The van der Waals surface area contributed by atoms with Crippen molar-refractivity contribution in [3.8, 4) is 5.75 Å². The summed E-state index contributed by atoms with van der Waals surface area (Å²) < 4.78 is 41.1. The lowest BCUT2D eigenvalue weighted by Crippen LogP contribution is -2.36. The van der Waals surface area contributed by atoms with Gasteiger partial charge in [0.05, 0.1) is 0 Å². The molecule has 7 heteroatoms. The molecule has 0 saturated carbocycles. The predicted octanol–water partition coefficient (Wildman–Crippen LogP) is 2.26. The molecular weight excluding hydrogens is 287 g/mol. The molecule has 0 aliphatic heterocycles. The van der Waals surface area contributed by atoms with Gasteiger partial charge >= 0.3 is 6.18 Å². The molecule has 1 aliphatic rings. The van der Waals surface area contributed by atoms with Gasteiger partial charge in [-0.15, -0.1) is 0 Å². The van der Waals surface area contributed by atoms with Crippen LogP contribution in [0.5, 0.6) is 5.75 Å². The Hall–Kier alpha value is -2.05. The number of hydrogen-bond donors (Lipinski definition) is 1. The molecule has 1 amide bonds. The minimum absolute atomic E-state index is 0.0169. The Morgan fingerprint density at radius 1 is 1.29 bits per heavy atom. The van der Waals surface area contributed by atoms with E-state index in [1.54, 1.807) is 23.5 Å². The number of rotatable bonds is 4. The van der Waals surface area contributed by atoms with Crippen LogP contribution in [0, 0.1) is 0 Å². The van der Waals surface area contributed by atoms with Crippen LogP contribution in [0.3, 0.4) is 0 Å². The summed E-state index contributed by atoms with van der Waals surface area (Å²) in [5, 5.41) is 1.73. The van der Waals surface area contributed by atoms with Gasteiger partial charge in [-0.2, -0.15) is 13.2 Å². The Morgan fingerprint density at radius 2 is 2.05 bits per heavy atom. The smallest absolute Gasteiger partial charge is 0.405 e. The summed E-state index contributed by atoms with van der Waals surface area (Å²) >= 11 is 0. The van der Waals surface area contributed by atoms with Gasteiger partial charge in [0.25, 0.3) is 5.91 Å². The van der Waals surface area contributed by atoms with Crippen molar-refractivity contribution in [3.05, 3.63) is 29.3 Å². The summed E-state index contributed by atoms with van der Waals surface area (Å²) in [6.07, 6.45) is -2.62. The third kappa shape index (κ3) is 4.21. The molecular formula is C14H14F3NO3. The molecule has 0 atom stereocenters. The molecule has 2 rings (SSSR count). The van der Waals surface area contributed by atoms with Gasteiger partial charge in [-0.1, -0.05) is 12.1 Å². The maximum absolute atomic E-state index is 12.0. The largest absolute Gasteiger partial charge is 0.483 e.